The molecule has 1 fully saturated rings. The van der Waals surface area contributed by atoms with E-state index in [0.717, 1.165) is 32.2 Å². The molecule has 0 N–H and O–H groups in total. The first kappa shape index (κ1) is 17.6. The molecule has 0 aliphatic carbocycles. The van der Waals surface area contributed by atoms with Crippen LogP contribution in [0.1, 0.15) is 25.7 Å². The van der Waals surface area contributed by atoms with Gasteiger partial charge in [-0.3, -0.25) is 9.10 Å². The van der Waals surface area contributed by atoms with Crippen molar-refractivity contribution in [1.82, 2.24) is 4.90 Å². The zero-order valence-corrected chi connectivity index (χ0v) is 14.5. The normalized spacial score (nSPS) is 15.8. The van der Waals surface area contributed by atoms with E-state index in [4.69, 9.17) is 4.74 Å². The molecule has 0 atom stereocenters. The molecule has 1 aliphatic heterocycles. The number of sulfonamides is 1. The van der Waals surface area contributed by atoms with Gasteiger partial charge in [0.1, 0.15) is 5.75 Å². The second-order valence-electron chi connectivity index (χ2n) is 5.81. The summed E-state index contributed by atoms with van der Waals surface area (Å²) in [6.45, 7) is 1.63. The maximum absolute atomic E-state index is 12.1. The highest BCUT2D eigenvalue weighted by atomic mass is 32.2. The van der Waals surface area contributed by atoms with Crippen LogP contribution in [0.3, 0.4) is 0 Å². The SMILES string of the molecule is CN(c1ccc(OCC(=O)N2CCCCCC2)cc1)S(C)(=O)=O. The van der Waals surface area contributed by atoms with Crippen molar-refractivity contribution in [3.05, 3.63) is 24.3 Å². The summed E-state index contributed by atoms with van der Waals surface area (Å²) in [5.74, 6) is 0.558. The summed E-state index contributed by atoms with van der Waals surface area (Å²) < 4.78 is 29.7. The number of ether oxygens (including phenoxy) is 1. The van der Waals surface area contributed by atoms with Gasteiger partial charge >= 0.3 is 0 Å². The van der Waals surface area contributed by atoms with E-state index in [1.165, 1.54) is 24.2 Å². The maximum atomic E-state index is 12.1. The zero-order chi connectivity index (χ0) is 16.9. The van der Waals surface area contributed by atoms with Gasteiger partial charge in [0.15, 0.2) is 6.61 Å². The lowest BCUT2D eigenvalue weighted by Crippen LogP contribution is -2.35. The Morgan fingerprint density at radius 3 is 2.22 bits per heavy atom. The van der Waals surface area contributed by atoms with Crippen LogP contribution in [-0.2, 0) is 14.8 Å². The highest BCUT2D eigenvalue weighted by Crippen LogP contribution is 2.20. The molecule has 1 heterocycles. The van der Waals surface area contributed by atoms with E-state index < -0.39 is 10.0 Å². The Labute approximate surface area is 138 Å². The van der Waals surface area contributed by atoms with Gasteiger partial charge in [-0.2, -0.15) is 0 Å². The Morgan fingerprint density at radius 1 is 1.13 bits per heavy atom. The van der Waals surface area contributed by atoms with Crippen LogP contribution in [0.15, 0.2) is 24.3 Å². The molecule has 1 aliphatic rings. The van der Waals surface area contributed by atoms with Gasteiger partial charge in [0.2, 0.25) is 10.0 Å². The van der Waals surface area contributed by atoms with E-state index >= 15 is 0 Å². The average molecular weight is 340 g/mol. The second-order valence-corrected chi connectivity index (χ2v) is 7.82. The number of benzene rings is 1. The van der Waals surface area contributed by atoms with Crippen LogP contribution >= 0.6 is 0 Å². The van der Waals surface area contributed by atoms with Crippen LogP contribution in [0.2, 0.25) is 0 Å². The minimum Gasteiger partial charge on any atom is -0.484 e. The predicted octanol–water partition coefficient (Wildman–Crippen LogP) is 1.86. The molecule has 0 aromatic heterocycles. The Balaban J connectivity index is 1.89. The Kier molecular flexibility index (Phi) is 5.87. The molecule has 1 saturated heterocycles. The van der Waals surface area contributed by atoms with Gasteiger partial charge in [-0.05, 0) is 37.1 Å². The summed E-state index contributed by atoms with van der Waals surface area (Å²) in [5.41, 5.74) is 0.554. The molecule has 1 aromatic rings. The molecule has 2 rings (SSSR count). The lowest BCUT2D eigenvalue weighted by molar-refractivity contribution is -0.133. The molecule has 0 saturated carbocycles. The quantitative estimate of drug-likeness (QED) is 0.821. The van der Waals surface area contributed by atoms with Crippen molar-refractivity contribution in [3.63, 3.8) is 0 Å². The monoisotopic (exact) mass is 340 g/mol. The number of amides is 1. The fraction of sp³-hybridized carbons (Fsp3) is 0.562. The average Bonchev–Trinajstić information content (AvgIpc) is 2.81. The van der Waals surface area contributed by atoms with Gasteiger partial charge in [-0.15, -0.1) is 0 Å². The summed E-state index contributed by atoms with van der Waals surface area (Å²) in [6.07, 6.45) is 5.62. The molecule has 0 spiro atoms. The van der Waals surface area contributed by atoms with E-state index in [1.807, 2.05) is 4.90 Å². The Morgan fingerprint density at radius 2 is 1.70 bits per heavy atom. The van der Waals surface area contributed by atoms with Gasteiger partial charge in [0.05, 0.1) is 11.9 Å². The number of hydrogen-bond acceptors (Lipinski definition) is 4. The molecule has 0 radical (unpaired) electrons. The van der Waals surface area contributed by atoms with Crippen molar-refractivity contribution >= 4 is 21.6 Å². The van der Waals surface area contributed by atoms with Crippen LogP contribution in [-0.4, -0.2) is 52.2 Å². The van der Waals surface area contributed by atoms with Crippen LogP contribution in [0.4, 0.5) is 5.69 Å². The third-order valence-electron chi connectivity index (χ3n) is 4.02. The lowest BCUT2D eigenvalue weighted by atomic mass is 10.2. The lowest BCUT2D eigenvalue weighted by Gasteiger charge is -2.20. The molecule has 0 bridgehead atoms. The Bertz CT molecular complexity index is 620. The van der Waals surface area contributed by atoms with E-state index in [1.54, 1.807) is 24.3 Å². The largest absolute Gasteiger partial charge is 0.484 e. The molecule has 7 heteroatoms. The maximum Gasteiger partial charge on any atom is 0.260 e. The van der Waals surface area contributed by atoms with Crippen LogP contribution in [0, 0.1) is 0 Å². The van der Waals surface area contributed by atoms with Crippen molar-refractivity contribution in [1.29, 1.82) is 0 Å². The number of anilines is 1. The van der Waals surface area contributed by atoms with Crippen molar-refractivity contribution in [2.45, 2.75) is 25.7 Å². The summed E-state index contributed by atoms with van der Waals surface area (Å²) in [6, 6.07) is 6.67. The van der Waals surface area contributed by atoms with Crippen LogP contribution < -0.4 is 9.04 Å². The van der Waals surface area contributed by atoms with E-state index in [9.17, 15) is 13.2 Å². The third-order valence-corrected chi connectivity index (χ3v) is 5.22. The molecule has 0 unspecified atom stereocenters. The topological polar surface area (TPSA) is 66.9 Å². The van der Waals surface area contributed by atoms with E-state index in [-0.39, 0.29) is 12.5 Å². The van der Waals surface area contributed by atoms with E-state index in [2.05, 4.69) is 0 Å². The van der Waals surface area contributed by atoms with E-state index in [0.29, 0.717) is 11.4 Å². The van der Waals surface area contributed by atoms with Crippen LogP contribution in [0.25, 0.3) is 0 Å². The molecule has 1 amide bonds. The number of carbonyl (C=O) groups is 1. The van der Waals surface area contributed by atoms with Crippen molar-refractivity contribution in [2.24, 2.45) is 0 Å². The number of likely N-dealkylation sites (tertiary alicyclic amines) is 1. The van der Waals surface area contributed by atoms with Crippen molar-refractivity contribution in [2.75, 3.05) is 37.3 Å². The molecule has 23 heavy (non-hydrogen) atoms. The minimum atomic E-state index is -3.28. The van der Waals surface area contributed by atoms with Gasteiger partial charge in [0.25, 0.3) is 5.91 Å². The molecular weight excluding hydrogens is 316 g/mol. The van der Waals surface area contributed by atoms with Crippen LogP contribution in [0.5, 0.6) is 5.75 Å². The standard InChI is InChI=1S/C16H24N2O4S/c1-17(23(2,20)21)14-7-9-15(10-8-14)22-13-16(19)18-11-5-3-4-6-12-18/h7-10H,3-6,11-13H2,1-2H3. The Hall–Kier alpha value is -1.76. The second kappa shape index (κ2) is 7.68. The van der Waals surface area contributed by atoms with Gasteiger partial charge < -0.3 is 9.64 Å². The molecule has 6 nitrogen and oxygen atoms in total. The third kappa shape index (κ3) is 5.13. The minimum absolute atomic E-state index is 0.00392. The smallest absolute Gasteiger partial charge is 0.260 e. The highest BCUT2D eigenvalue weighted by molar-refractivity contribution is 7.92. The highest BCUT2D eigenvalue weighted by Gasteiger charge is 2.16. The zero-order valence-electron chi connectivity index (χ0n) is 13.7. The summed E-state index contributed by atoms with van der Waals surface area (Å²) in [4.78, 5) is 14.0. The summed E-state index contributed by atoms with van der Waals surface area (Å²) >= 11 is 0. The van der Waals surface area contributed by atoms with Gasteiger partial charge in [-0.25, -0.2) is 8.42 Å². The molecular formula is C16H24N2O4S. The summed E-state index contributed by atoms with van der Waals surface area (Å²) in [5, 5.41) is 0. The summed E-state index contributed by atoms with van der Waals surface area (Å²) in [7, 11) is -1.79. The first-order chi connectivity index (χ1) is 10.9. The first-order valence-corrected chi connectivity index (χ1v) is 9.67. The number of nitrogens with zero attached hydrogens (tertiary/aromatic N) is 2. The molecule has 128 valence electrons. The first-order valence-electron chi connectivity index (χ1n) is 7.82. The number of rotatable bonds is 5. The fourth-order valence-electron chi connectivity index (χ4n) is 2.50. The molecule has 1 aromatic carbocycles. The van der Waals surface area contributed by atoms with Crippen molar-refractivity contribution in [3.8, 4) is 5.75 Å². The van der Waals surface area contributed by atoms with Gasteiger partial charge in [0, 0.05) is 20.1 Å². The predicted molar refractivity (Wildman–Crippen MR) is 90.2 cm³/mol. The number of carbonyl (C=O) groups excluding carboxylic acids is 1. The number of hydrogen-bond donors (Lipinski definition) is 0. The fourth-order valence-corrected chi connectivity index (χ4v) is 3.00. The van der Waals surface area contributed by atoms with Gasteiger partial charge in [-0.1, -0.05) is 12.8 Å². The van der Waals surface area contributed by atoms with Crippen molar-refractivity contribution < 1.29 is 17.9 Å².